The second-order valence-corrected chi connectivity index (χ2v) is 3.78. The molecule has 0 aliphatic rings. The van der Waals surface area contributed by atoms with Crippen molar-refractivity contribution in [3.63, 3.8) is 0 Å². The molecule has 3 nitrogen and oxygen atoms in total. The Bertz CT molecular complexity index is 329. The lowest BCUT2D eigenvalue weighted by Crippen LogP contribution is -2.52. The number of nitrogens with two attached hydrogens (primary N) is 1. The third-order valence-corrected chi connectivity index (χ3v) is 2.80. The lowest BCUT2D eigenvalue weighted by atomic mass is 9.94. The van der Waals surface area contributed by atoms with E-state index in [4.69, 9.17) is 5.73 Å². The number of thiol groups is 1. The van der Waals surface area contributed by atoms with Gasteiger partial charge in [-0.05, 0) is 5.56 Å². The molecule has 0 aliphatic heterocycles. The molecule has 0 unspecified atom stereocenters. The van der Waals surface area contributed by atoms with Gasteiger partial charge >= 0.3 is 5.97 Å². The fourth-order valence-corrected chi connectivity index (χ4v) is 1.60. The smallest absolute Gasteiger partial charge is 0.327 e. The Balaban J connectivity index is 2.81. The van der Waals surface area contributed by atoms with E-state index in [0.29, 0.717) is 6.42 Å². The van der Waals surface area contributed by atoms with Gasteiger partial charge in [-0.15, -0.1) is 0 Å². The van der Waals surface area contributed by atoms with Crippen molar-refractivity contribution in [3.05, 3.63) is 35.9 Å². The normalized spacial score (nSPS) is 14.3. The summed E-state index contributed by atoms with van der Waals surface area (Å²) in [6, 6.07) is 9.58. The molecule has 1 rings (SSSR count). The van der Waals surface area contributed by atoms with Crippen molar-refractivity contribution in [1.29, 1.82) is 0 Å². The number of hydrogen-bond donors (Lipinski definition) is 2. The second-order valence-electron chi connectivity index (χ2n) is 3.47. The van der Waals surface area contributed by atoms with E-state index in [2.05, 4.69) is 17.4 Å². The van der Waals surface area contributed by atoms with Crippen molar-refractivity contribution in [2.24, 2.45) is 5.73 Å². The average molecular weight is 225 g/mol. The van der Waals surface area contributed by atoms with E-state index in [-0.39, 0.29) is 5.75 Å². The number of esters is 1. The maximum Gasteiger partial charge on any atom is 0.327 e. The zero-order valence-electron chi connectivity index (χ0n) is 8.64. The topological polar surface area (TPSA) is 52.3 Å². The molecule has 15 heavy (non-hydrogen) atoms. The van der Waals surface area contributed by atoms with Crippen LogP contribution in [0.2, 0.25) is 0 Å². The predicted octanol–water partition coefficient (Wildman–Crippen LogP) is 1.03. The Morgan fingerprint density at radius 3 is 2.53 bits per heavy atom. The largest absolute Gasteiger partial charge is 0.468 e. The second kappa shape index (κ2) is 5.19. The minimum absolute atomic E-state index is 0.258. The number of ether oxygens (including phenoxy) is 1. The van der Waals surface area contributed by atoms with Gasteiger partial charge in [-0.25, -0.2) is 0 Å². The first-order valence-electron chi connectivity index (χ1n) is 4.64. The molecule has 0 amide bonds. The summed E-state index contributed by atoms with van der Waals surface area (Å²) in [6.45, 7) is 0. The first kappa shape index (κ1) is 12.1. The third-order valence-electron chi connectivity index (χ3n) is 2.24. The summed E-state index contributed by atoms with van der Waals surface area (Å²) in [5, 5.41) is 0. The highest BCUT2D eigenvalue weighted by molar-refractivity contribution is 7.80. The fourth-order valence-electron chi connectivity index (χ4n) is 1.36. The van der Waals surface area contributed by atoms with Gasteiger partial charge in [-0.2, -0.15) is 12.6 Å². The highest BCUT2D eigenvalue weighted by atomic mass is 32.1. The molecule has 1 aromatic rings. The summed E-state index contributed by atoms with van der Waals surface area (Å²) in [7, 11) is 1.33. The molecule has 0 saturated heterocycles. The molecule has 82 valence electrons. The molecular formula is C11H15NO2S. The summed E-state index contributed by atoms with van der Waals surface area (Å²) < 4.78 is 4.67. The van der Waals surface area contributed by atoms with E-state index in [9.17, 15) is 4.79 Å². The summed E-state index contributed by atoms with van der Waals surface area (Å²) >= 11 is 4.10. The predicted molar refractivity (Wildman–Crippen MR) is 62.9 cm³/mol. The summed E-state index contributed by atoms with van der Waals surface area (Å²) in [5.41, 5.74) is 5.89. The lowest BCUT2D eigenvalue weighted by molar-refractivity contribution is -0.146. The van der Waals surface area contributed by atoms with Crippen molar-refractivity contribution in [2.45, 2.75) is 12.0 Å². The molecule has 0 aliphatic carbocycles. The summed E-state index contributed by atoms with van der Waals surface area (Å²) in [6.07, 6.45) is 0.435. The zero-order chi connectivity index (χ0) is 11.3. The first-order chi connectivity index (χ1) is 7.12. The van der Waals surface area contributed by atoms with Crippen LogP contribution in [0.1, 0.15) is 5.56 Å². The quantitative estimate of drug-likeness (QED) is 0.594. The summed E-state index contributed by atoms with van der Waals surface area (Å²) in [5.74, 6) is -0.171. The molecule has 4 heteroatoms. The van der Waals surface area contributed by atoms with Gasteiger partial charge in [-0.1, -0.05) is 30.3 Å². The zero-order valence-corrected chi connectivity index (χ0v) is 9.54. The molecule has 0 saturated carbocycles. The fraction of sp³-hybridized carbons (Fsp3) is 0.364. The van der Waals surface area contributed by atoms with Crippen LogP contribution in [-0.2, 0) is 16.0 Å². The van der Waals surface area contributed by atoms with Gasteiger partial charge in [0.05, 0.1) is 7.11 Å². The maximum atomic E-state index is 11.5. The Hall–Kier alpha value is -1.00. The van der Waals surface area contributed by atoms with Crippen LogP contribution in [0.15, 0.2) is 30.3 Å². The third kappa shape index (κ3) is 2.97. The molecule has 0 bridgehead atoms. The SMILES string of the molecule is COC(=O)[C@@](N)(CS)Cc1ccccc1. The molecular weight excluding hydrogens is 210 g/mol. The van der Waals surface area contributed by atoms with Gasteiger partial charge in [0.25, 0.3) is 0 Å². The van der Waals surface area contributed by atoms with Crippen molar-refractivity contribution in [2.75, 3.05) is 12.9 Å². The Labute approximate surface area is 95.0 Å². The van der Waals surface area contributed by atoms with Crippen LogP contribution < -0.4 is 5.73 Å². The molecule has 0 heterocycles. The number of rotatable bonds is 4. The van der Waals surface area contributed by atoms with Crippen LogP contribution >= 0.6 is 12.6 Å². The number of carbonyl (C=O) groups is 1. The molecule has 1 atom stereocenters. The van der Waals surface area contributed by atoms with Gasteiger partial charge in [-0.3, -0.25) is 4.79 Å². The van der Waals surface area contributed by atoms with Crippen LogP contribution in [0.25, 0.3) is 0 Å². The number of hydrogen-bond acceptors (Lipinski definition) is 4. The summed E-state index contributed by atoms with van der Waals surface area (Å²) in [4.78, 5) is 11.5. The van der Waals surface area contributed by atoms with Crippen molar-refractivity contribution < 1.29 is 9.53 Å². The van der Waals surface area contributed by atoms with E-state index in [0.717, 1.165) is 5.56 Å². The Kier molecular flexibility index (Phi) is 4.17. The minimum Gasteiger partial charge on any atom is -0.468 e. The van der Waals surface area contributed by atoms with Crippen LogP contribution in [0, 0.1) is 0 Å². The molecule has 0 spiro atoms. The minimum atomic E-state index is -1.04. The van der Waals surface area contributed by atoms with Crippen molar-refractivity contribution >= 4 is 18.6 Å². The Morgan fingerprint density at radius 1 is 1.47 bits per heavy atom. The lowest BCUT2D eigenvalue weighted by Gasteiger charge is -2.24. The van der Waals surface area contributed by atoms with Gasteiger partial charge in [0.15, 0.2) is 0 Å². The number of benzene rings is 1. The van der Waals surface area contributed by atoms with Gasteiger partial charge in [0.1, 0.15) is 5.54 Å². The molecule has 0 fully saturated rings. The molecule has 1 aromatic carbocycles. The average Bonchev–Trinajstić information content (AvgIpc) is 2.29. The van der Waals surface area contributed by atoms with E-state index in [1.807, 2.05) is 30.3 Å². The van der Waals surface area contributed by atoms with E-state index in [1.165, 1.54) is 7.11 Å². The van der Waals surface area contributed by atoms with E-state index < -0.39 is 11.5 Å². The highest BCUT2D eigenvalue weighted by Gasteiger charge is 2.33. The maximum absolute atomic E-state index is 11.5. The standard InChI is InChI=1S/C11H15NO2S/c1-14-10(13)11(12,8-15)7-9-5-3-2-4-6-9/h2-6,15H,7-8,12H2,1H3/t11-/m0/s1. The molecule has 0 aromatic heterocycles. The van der Waals surface area contributed by atoms with Crippen molar-refractivity contribution in [1.82, 2.24) is 0 Å². The van der Waals surface area contributed by atoms with Crippen LogP contribution in [0.5, 0.6) is 0 Å². The van der Waals surface area contributed by atoms with Crippen molar-refractivity contribution in [3.8, 4) is 0 Å². The monoisotopic (exact) mass is 225 g/mol. The van der Waals surface area contributed by atoms with Crippen LogP contribution in [-0.4, -0.2) is 24.4 Å². The van der Waals surface area contributed by atoms with Gasteiger partial charge in [0, 0.05) is 12.2 Å². The van der Waals surface area contributed by atoms with Crippen LogP contribution in [0.3, 0.4) is 0 Å². The van der Waals surface area contributed by atoms with Gasteiger partial charge < -0.3 is 10.5 Å². The molecule has 0 radical (unpaired) electrons. The highest BCUT2D eigenvalue weighted by Crippen LogP contribution is 2.14. The van der Waals surface area contributed by atoms with E-state index in [1.54, 1.807) is 0 Å². The van der Waals surface area contributed by atoms with E-state index >= 15 is 0 Å². The first-order valence-corrected chi connectivity index (χ1v) is 5.28. The molecule has 2 N–H and O–H groups in total. The number of methoxy groups -OCH3 is 1. The Morgan fingerprint density at radius 2 is 2.07 bits per heavy atom. The number of carbonyl (C=O) groups excluding carboxylic acids is 1. The van der Waals surface area contributed by atoms with Crippen LogP contribution in [0.4, 0.5) is 0 Å². The van der Waals surface area contributed by atoms with Gasteiger partial charge in [0.2, 0.25) is 0 Å².